The van der Waals surface area contributed by atoms with Crippen LogP contribution in [0.1, 0.15) is 25.5 Å². The van der Waals surface area contributed by atoms with Gasteiger partial charge in [-0.15, -0.1) is 0 Å². The van der Waals surface area contributed by atoms with Crippen molar-refractivity contribution in [3.8, 4) is 5.75 Å². The van der Waals surface area contributed by atoms with Crippen molar-refractivity contribution >= 4 is 15.7 Å². The van der Waals surface area contributed by atoms with Crippen molar-refractivity contribution in [1.82, 2.24) is 4.98 Å². The third-order valence-electron chi connectivity index (χ3n) is 2.40. The predicted molar refractivity (Wildman–Crippen MR) is 65.7 cm³/mol. The van der Waals surface area contributed by atoms with Gasteiger partial charge in [-0.25, -0.2) is 8.42 Å². The zero-order valence-corrected chi connectivity index (χ0v) is 10.8. The van der Waals surface area contributed by atoms with Crippen molar-refractivity contribution in [3.05, 3.63) is 18.0 Å². The SMILES string of the molecule is CCc1cc(OC2CC2)c(NS(C)(=O)=O)cn1. The van der Waals surface area contributed by atoms with Gasteiger partial charge in [0.1, 0.15) is 11.4 Å². The van der Waals surface area contributed by atoms with Crippen molar-refractivity contribution in [2.75, 3.05) is 11.0 Å². The van der Waals surface area contributed by atoms with Crippen LogP contribution in [-0.2, 0) is 16.4 Å². The summed E-state index contributed by atoms with van der Waals surface area (Å²) in [5.41, 5.74) is 1.30. The average molecular weight is 256 g/mol. The third kappa shape index (κ3) is 3.59. The first-order valence-electron chi connectivity index (χ1n) is 5.61. The highest BCUT2D eigenvalue weighted by Crippen LogP contribution is 2.32. The number of anilines is 1. The van der Waals surface area contributed by atoms with Gasteiger partial charge in [0, 0.05) is 11.8 Å². The maximum atomic E-state index is 11.2. The van der Waals surface area contributed by atoms with Gasteiger partial charge < -0.3 is 4.74 Å². The van der Waals surface area contributed by atoms with Crippen LogP contribution in [0, 0.1) is 0 Å². The molecule has 1 saturated carbocycles. The summed E-state index contributed by atoms with van der Waals surface area (Å²) in [5.74, 6) is 0.574. The van der Waals surface area contributed by atoms with E-state index in [1.165, 1.54) is 6.20 Å². The Balaban J connectivity index is 2.28. The summed E-state index contributed by atoms with van der Waals surface area (Å²) in [4.78, 5) is 4.16. The number of ether oxygens (including phenoxy) is 1. The van der Waals surface area contributed by atoms with Crippen LogP contribution >= 0.6 is 0 Å². The molecule has 1 aliphatic rings. The Morgan fingerprint density at radius 3 is 2.76 bits per heavy atom. The molecule has 1 aromatic heterocycles. The Labute approximate surface area is 101 Å². The van der Waals surface area contributed by atoms with E-state index >= 15 is 0 Å². The van der Waals surface area contributed by atoms with Gasteiger partial charge in [0.15, 0.2) is 0 Å². The fraction of sp³-hybridized carbons (Fsp3) is 0.545. The number of aryl methyl sites for hydroxylation is 1. The maximum absolute atomic E-state index is 11.2. The van der Waals surface area contributed by atoms with Gasteiger partial charge in [0.05, 0.1) is 18.6 Å². The van der Waals surface area contributed by atoms with Gasteiger partial charge in [-0.2, -0.15) is 0 Å². The Kier molecular flexibility index (Phi) is 3.24. The molecule has 0 aromatic carbocycles. The van der Waals surface area contributed by atoms with Crippen LogP contribution in [0.3, 0.4) is 0 Å². The molecule has 5 nitrogen and oxygen atoms in total. The first kappa shape index (κ1) is 12.2. The third-order valence-corrected chi connectivity index (χ3v) is 2.99. The predicted octanol–water partition coefficient (Wildman–Crippen LogP) is 1.56. The summed E-state index contributed by atoms with van der Waals surface area (Å²) < 4.78 is 30.5. The van der Waals surface area contributed by atoms with E-state index in [-0.39, 0.29) is 6.10 Å². The molecular formula is C11H16N2O3S. The molecule has 1 fully saturated rings. The van der Waals surface area contributed by atoms with E-state index in [0.29, 0.717) is 11.4 Å². The highest BCUT2D eigenvalue weighted by molar-refractivity contribution is 7.92. The summed E-state index contributed by atoms with van der Waals surface area (Å²) in [6.45, 7) is 1.99. The van der Waals surface area contributed by atoms with Gasteiger partial charge in [0.2, 0.25) is 10.0 Å². The summed E-state index contributed by atoms with van der Waals surface area (Å²) in [7, 11) is -3.30. The van der Waals surface area contributed by atoms with Crippen LogP contribution in [0.4, 0.5) is 5.69 Å². The van der Waals surface area contributed by atoms with E-state index in [4.69, 9.17) is 4.74 Å². The molecule has 0 unspecified atom stereocenters. The summed E-state index contributed by atoms with van der Waals surface area (Å²) in [5, 5.41) is 0. The highest BCUT2D eigenvalue weighted by Gasteiger charge is 2.25. The minimum absolute atomic E-state index is 0.224. The van der Waals surface area contributed by atoms with Gasteiger partial charge in [0.25, 0.3) is 0 Å². The van der Waals surface area contributed by atoms with Crippen LogP contribution in [-0.4, -0.2) is 25.8 Å². The molecule has 2 rings (SSSR count). The molecule has 1 aromatic rings. The number of nitrogens with zero attached hydrogens (tertiary/aromatic N) is 1. The molecule has 0 atom stereocenters. The smallest absolute Gasteiger partial charge is 0.229 e. The van der Waals surface area contributed by atoms with E-state index < -0.39 is 10.0 Å². The lowest BCUT2D eigenvalue weighted by Crippen LogP contribution is -2.12. The van der Waals surface area contributed by atoms with E-state index in [1.54, 1.807) is 6.07 Å². The number of hydrogen-bond acceptors (Lipinski definition) is 4. The second kappa shape index (κ2) is 4.52. The minimum atomic E-state index is -3.30. The van der Waals surface area contributed by atoms with E-state index in [2.05, 4.69) is 9.71 Å². The second-order valence-electron chi connectivity index (χ2n) is 4.22. The van der Waals surface area contributed by atoms with Gasteiger partial charge in [-0.1, -0.05) is 6.92 Å². The van der Waals surface area contributed by atoms with Crippen molar-refractivity contribution < 1.29 is 13.2 Å². The largest absolute Gasteiger partial charge is 0.488 e. The quantitative estimate of drug-likeness (QED) is 0.868. The monoisotopic (exact) mass is 256 g/mol. The molecular weight excluding hydrogens is 240 g/mol. The number of rotatable bonds is 5. The number of pyridine rings is 1. The maximum Gasteiger partial charge on any atom is 0.229 e. The van der Waals surface area contributed by atoms with Crippen LogP contribution in [0.25, 0.3) is 0 Å². The molecule has 17 heavy (non-hydrogen) atoms. The van der Waals surface area contributed by atoms with E-state index in [0.717, 1.165) is 31.2 Å². The Hall–Kier alpha value is -1.30. The molecule has 0 amide bonds. The van der Waals surface area contributed by atoms with Crippen molar-refractivity contribution in [3.63, 3.8) is 0 Å². The lowest BCUT2D eigenvalue weighted by molar-refractivity contribution is 0.304. The first-order chi connectivity index (χ1) is 7.98. The molecule has 0 radical (unpaired) electrons. The zero-order chi connectivity index (χ0) is 12.5. The van der Waals surface area contributed by atoms with Crippen molar-refractivity contribution in [2.24, 2.45) is 0 Å². The molecule has 1 heterocycles. The lowest BCUT2D eigenvalue weighted by Gasteiger charge is -2.12. The Morgan fingerprint density at radius 2 is 2.24 bits per heavy atom. The van der Waals surface area contributed by atoms with Crippen LogP contribution in [0.2, 0.25) is 0 Å². The molecule has 1 aliphatic carbocycles. The molecule has 0 bridgehead atoms. The van der Waals surface area contributed by atoms with Gasteiger partial charge >= 0.3 is 0 Å². The van der Waals surface area contributed by atoms with Crippen molar-refractivity contribution in [1.29, 1.82) is 0 Å². The average Bonchev–Trinajstić information content (AvgIpc) is 3.02. The highest BCUT2D eigenvalue weighted by atomic mass is 32.2. The molecule has 0 spiro atoms. The van der Waals surface area contributed by atoms with Crippen LogP contribution < -0.4 is 9.46 Å². The second-order valence-corrected chi connectivity index (χ2v) is 5.97. The van der Waals surface area contributed by atoms with Gasteiger partial charge in [-0.3, -0.25) is 9.71 Å². The van der Waals surface area contributed by atoms with E-state index in [1.807, 2.05) is 6.92 Å². The summed E-state index contributed by atoms with van der Waals surface area (Å²) >= 11 is 0. The standard InChI is InChI=1S/C11H16N2O3S/c1-3-8-6-11(16-9-4-5-9)10(7-12-8)13-17(2,14)15/h6-7,9,13H,3-5H2,1-2H3. The van der Waals surface area contributed by atoms with E-state index in [9.17, 15) is 8.42 Å². The fourth-order valence-electron chi connectivity index (χ4n) is 1.41. The Morgan fingerprint density at radius 1 is 1.53 bits per heavy atom. The fourth-order valence-corrected chi connectivity index (χ4v) is 1.96. The number of sulfonamides is 1. The number of aromatic nitrogens is 1. The minimum Gasteiger partial charge on any atom is -0.488 e. The summed E-state index contributed by atoms with van der Waals surface area (Å²) in [6.07, 6.45) is 5.70. The number of hydrogen-bond donors (Lipinski definition) is 1. The summed E-state index contributed by atoms with van der Waals surface area (Å²) in [6, 6.07) is 1.80. The van der Waals surface area contributed by atoms with Crippen molar-refractivity contribution in [2.45, 2.75) is 32.3 Å². The normalized spacial score (nSPS) is 15.6. The number of nitrogens with one attached hydrogen (secondary N) is 1. The Bertz CT molecular complexity index is 509. The molecule has 6 heteroatoms. The van der Waals surface area contributed by atoms with Gasteiger partial charge in [-0.05, 0) is 19.3 Å². The topological polar surface area (TPSA) is 68.3 Å². The molecule has 0 saturated heterocycles. The first-order valence-corrected chi connectivity index (χ1v) is 7.50. The molecule has 0 aliphatic heterocycles. The molecule has 1 N–H and O–H groups in total. The zero-order valence-electron chi connectivity index (χ0n) is 9.93. The molecule has 94 valence electrons. The van der Waals surface area contributed by atoms with Crippen LogP contribution in [0.5, 0.6) is 5.75 Å². The lowest BCUT2D eigenvalue weighted by atomic mass is 10.2. The van der Waals surface area contributed by atoms with Crippen LogP contribution in [0.15, 0.2) is 12.3 Å².